The highest BCUT2D eigenvalue weighted by Gasteiger charge is 2.29. The van der Waals surface area contributed by atoms with E-state index in [1.165, 1.54) is 12.1 Å². The molecule has 0 heterocycles. The van der Waals surface area contributed by atoms with Gasteiger partial charge in [0, 0.05) is 11.6 Å². The monoisotopic (exact) mass is 547 g/mol. The predicted octanol–water partition coefficient (Wildman–Crippen LogP) is 5.41. The summed E-state index contributed by atoms with van der Waals surface area (Å²) in [5.74, 6) is -0.989. The molecule has 0 saturated carbocycles. The van der Waals surface area contributed by atoms with Crippen molar-refractivity contribution in [2.24, 2.45) is 0 Å². The molecule has 4 aromatic carbocycles. The Morgan fingerprint density at radius 2 is 1.45 bits per heavy atom. The molecule has 38 heavy (non-hydrogen) atoms. The molecule has 194 valence electrons. The van der Waals surface area contributed by atoms with Crippen LogP contribution in [0.15, 0.2) is 108 Å². The van der Waals surface area contributed by atoms with Gasteiger partial charge in [-0.1, -0.05) is 78.3 Å². The van der Waals surface area contributed by atoms with Crippen molar-refractivity contribution in [2.45, 2.75) is 18.4 Å². The number of nitrogens with zero attached hydrogens (tertiary/aromatic N) is 1. The zero-order chi connectivity index (χ0) is 27.1. The number of rotatable bonds is 9. The van der Waals surface area contributed by atoms with Crippen molar-refractivity contribution in [2.75, 3.05) is 16.2 Å². The summed E-state index contributed by atoms with van der Waals surface area (Å²) >= 11 is 6.28. The van der Waals surface area contributed by atoms with Gasteiger partial charge in [-0.3, -0.25) is 13.9 Å². The van der Waals surface area contributed by atoms with Crippen LogP contribution in [-0.2, 0) is 21.4 Å². The number of carbonyl (C=O) groups is 2. The summed E-state index contributed by atoms with van der Waals surface area (Å²) in [6, 6.07) is 28.7. The van der Waals surface area contributed by atoms with E-state index in [1.54, 1.807) is 67.6 Å². The van der Waals surface area contributed by atoms with Gasteiger partial charge in [-0.25, -0.2) is 8.42 Å². The van der Waals surface area contributed by atoms with Crippen molar-refractivity contribution in [3.8, 4) is 0 Å². The molecule has 2 amide bonds. The number of sulfonamides is 1. The Kier molecular flexibility index (Phi) is 8.45. The number of hydrogen-bond donors (Lipinski definition) is 2. The van der Waals surface area contributed by atoms with E-state index in [0.29, 0.717) is 17.1 Å². The second-order valence-corrected chi connectivity index (χ2v) is 10.7. The summed E-state index contributed by atoms with van der Waals surface area (Å²) in [7, 11) is -4.11. The third kappa shape index (κ3) is 6.22. The van der Waals surface area contributed by atoms with Crippen molar-refractivity contribution in [3.63, 3.8) is 0 Å². The van der Waals surface area contributed by atoms with Crippen LogP contribution in [0.2, 0.25) is 5.02 Å². The van der Waals surface area contributed by atoms with E-state index in [1.807, 2.05) is 30.3 Å². The second kappa shape index (κ2) is 11.9. The smallest absolute Gasteiger partial charge is 0.264 e. The summed E-state index contributed by atoms with van der Waals surface area (Å²) in [6.45, 7) is 1.48. The van der Waals surface area contributed by atoms with Gasteiger partial charge in [-0.2, -0.15) is 0 Å². The van der Waals surface area contributed by atoms with Gasteiger partial charge in [-0.05, 0) is 54.4 Å². The molecule has 0 bridgehead atoms. The van der Waals surface area contributed by atoms with Crippen LogP contribution in [0.4, 0.5) is 11.4 Å². The lowest BCUT2D eigenvalue weighted by atomic mass is 10.1. The normalized spacial score (nSPS) is 11.0. The Morgan fingerprint density at radius 1 is 0.816 bits per heavy atom. The Balaban J connectivity index is 1.59. The standard InChI is InChI=1S/C29H26ClN3O4S/c1-21-25(30)16-10-18-27(21)33(38(36,37)23-13-6-3-7-14-23)20-28(34)32-26-17-9-8-15-24(26)29(35)31-19-22-11-4-2-5-12-22/h2-18H,19-20H2,1H3,(H,31,35)(H,32,34). The second-order valence-electron chi connectivity index (χ2n) is 8.47. The maximum Gasteiger partial charge on any atom is 0.264 e. The quantitative estimate of drug-likeness (QED) is 0.293. The van der Waals surface area contributed by atoms with Gasteiger partial charge in [0.25, 0.3) is 15.9 Å². The fourth-order valence-electron chi connectivity index (χ4n) is 3.87. The highest BCUT2D eigenvalue weighted by Crippen LogP contribution is 2.31. The molecule has 0 aliphatic heterocycles. The maximum absolute atomic E-state index is 13.6. The Labute approximate surface area is 227 Å². The molecule has 4 aromatic rings. The van der Waals surface area contributed by atoms with Crippen LogP contribution in [0.1, 0.15) is 21.5 Å². The van der Waals surface area contributed by atoms with Gasteiger partial charge in [0.15, 0.2) is 0 Å². The SMILES string of the molecule is Cc1c(Cl)cccc1N(CC(=O)Nc1ccccc1C(=O)NCc1ccccc1)S(=O)(=O)c1ccccc1. The molecule has 0 saturated heterocycles. The van der Waals surface area contributed by atoms with Gasteiger partial charge < -0.3 is 10.6 Å². The zero-order valence-corrected chi connectivity index (χ0v) is 22.2. The molecule has 0 aromatic heterocycles. The van der Waals surface area contributed by atoms with Crippen molar-refractivity contribution in [1.82, 2.24) is 5.32 Å². The Hall–Kier alpha value is -4.14. The largest absolute Gasteiger partial charge is 0.348 e. The Bertz CT molecular complexity index is 1540. The van der Waals surface area contributed by atoms with Gasteiger partial charge >= 0.3 is 0 Å². The number of para-hydroxylation sites is 1. The summed E-state index contributed by atoms with van der Waals surface area (Å²) in [5.41, 5.74) is 2.25. The third-order valence-electron chi connectivity index (χ3n) is 5.87. The van der Waals surface area contributed by atoms with Crippen LogP contribution < -0.4 is 14.9 Å². The number of halogens is 1. The molecular weight excluding hydrogens is 522 g/mol. The first-order chi connectivity index (χ1) is 18.3. The lowest BCUT2D eigenvalue weighted by molar-refractivity contribution is -0.114. The molecule has 2 N–H and O–H groups in total. The number of amides is 2. The van der Waals surface area contributed by atoms with Crippen molar-refractivity contribution in [1.29, 1.82) is 0 Å². The summed E-state index contributed by atoms with van der Waals surface area (Å²) in [4.78, 5) is 26.2. The number of carbonyl (C=O) groups excluding carboxylic acids is 2. The van der Waals surface area contributed by atoms with Crippen molar-refractivity contribution < 1.29 is 18.0 Å². The first kappa shape index (κ1) is 26.9. The van der Waals surface area contributed by atoms with E-state index in [-0.39, 0.29) is 27.7 Å². The maximum atomic E-state index is 13.6. The lowest BCUT2D eigenvalue weighted by Gasteiger charge is -2.26. The van der Waals surface area contributed by atoms with E-state index in [0.717, 1.165) is 9.87 Å². The summed E-state index contributed by atoms with van der Waals surface area (Å²) in [6.07, 6.45) is 0. The van der Waals surface area contributed by atoms with E-state index in [4.69, 9.17) is 11.6 Å². The highest BCUT2D eigenvalue weighted by molar-refractivity contribution is 7.92. The molecule has 0 unspecified atom stereocenters. The fourth-order valence-corrected chi connectivity index (χ4v) is 5.54. The number of anilines is 2. The minimum Gasteiger partial charge on any atom is -0.348 e. The first-order valence-corrected chi connectivity index (χ1v) is 13.6. The highest BCUT2D eigenvalue weighted by atomic mass is 35.5. The zero-order valence-electron chi connectivity index (χ0n) is 20.6. The van der Waals surface area contributed by atoms with Crippen LogP contribution in [0, 0.1) is 6.92 Å². The van der Waals surface area contributed by atoms with Crippen LogP contribution in [-0.4, -0.2) is 26.8 Å². The van der Waals surface area contributed by atoms with Crippen molar-refractivity contribution >= 4 is 44.8 Å². The molecule has 0 radical (unpaired) electrons. The molecule has 0 aliphatic carbocycles. The molecule has 0 atom stereocenters. The topological polar surface area (TPSA) is 95.6 Å². The van der Waals surface area contributed by atoms with E-state index >= 15 is 0 Å². The Morgan fingerprint density at radius 3 is 2.16 bits per heavy atom. The summed E-state index contributed by atoms with van der Waals surface area (Å²) in [5, 5.41) is 5.92. The molecule has 0 spiro atoms. The predicted molar refractivity (Wildman–Crippen MR) is 150 cm³/mol. The van der Waals surface area contributed by atoms with Crippen LogP contribution >= 0.6 is 11.6 Å². The third-order valence-corrected chi connectivity index (χ3v) is 8.05. The van der Waals surface area contributed by atoms with E-state index < -0.39 is 22.5 Å². The minimum atomic E-state index is -4.11. The molecule has 0 fully saturated rings. The van der Waals surface area contributed by atoms with Gasteiger partial charge in [-0.15, -0.1) is 0 Å². The number of hydrogen-bond acceptors (Lipinski definition) is 4. The average Bonchev–Trinajstić information content (AvgIpc) is 2.93. The number of nitrogens with one attached hydrogen (secondary N) is 2. The van der Waals surface area contributed by atoms with Crippen LogP contribution in [0.25, 0.3) is 0 Å². The first-order valence-electron chi connectivity index (χ1n) is 11.8. The molecule has 4 rings (SSSR count). The molecular formula is C29H26ClN3O4S. The average molecular weight is 548 g/mol. The minimum absolute atomic E-state index is 0.0351. The van der Waals surface area contributed by atoms with Crippen molar-refractivity contribution in [3.05, 3.63) is 125 Å². The van der Waals surface area contributed by atoms with Crippen LogP contribution in [0.5, 0.6) is 0 Å². The van der Waals surface area contributed by atoms with E-state index in [9.17, 15) is 18.0 Å². The fraction of sp³-hybridized carbons (Fsp3) is 0.103. The molecule has 0 aliphatic rings. The van der Waals surface area contributed by atoms with Gasteiger partial charge in [0.2, 0.25) is 5.91 Å². The van der Waals surface area contributed by atoms with Gasteiger partial charge in [0.1, 0.15) is 6.54 Å². The molecule has 9 heteroatoms. The van der Waals surface area contributed by atoms with E-state index in [2.05, 4.69) is 10.6 Å². The summed E-state index contributed by atoms with van der Waals surface area (Å²) < 4.78 is 28.3. The molecule has 7 nitrogen and oxygen atoms in total. The number of benzene rings is 4. The van der Waals surface area contributed by atoms with Crippen LogP contribution in [0.3, 0.4) is 0 Å². The van der Waals surface area contributed by atoms with Gasteiger partial charge in [0.05, 0.1) is 21.8 Å². The lowest BCUT2D eigenvalue weighted by Crippen LogP contribution is -2.39.